The number of amides is 1. The molecule has 0 bridgehead atoms. The van der Waals surface area contributed by atoms with Crippen molar-refractivity contribution in [3.63, 3.8) is 0 Å². The number of rotatable bonds is 5. The van der Waals surface area contributed by atoms with Crippen LogP contribution in [0.1, 0.15) is 47.7 Å². The van der Waals surface area contributed by atoms with E-state index in [0.717, 1.165) is 27.6 Å². The minimum atomic E-state index is -0.352. The highest BCUT2D eigenvalue weighted by Gasteiger charge is 2.34. The number of ether oxygens (including phenoxy) is 3. The first-order valence-corrected chi connectivity index (χ1v) is 11.2. The van der Waals surface area contributed by atoms with Gasteiger partial charge in [-0.1, -0.05) is 24.3 Å². The first-order valence-electron chi connectivity index (χ1n) is 11.2. The number of benzene rings is 3. The molecular formula is C27H27NO5. The van der Waals surface area contributed by atoms with Crippen LogP contribution >= 0.6 is 0 Å². The molecule has 2 aliphatic rings. The number of Topliss-reactive ketones (excluding diaryl/α,β-unsaturated/α-hetero) is 1. The highest BCUT2D eigenvalue weighted by atomic mass is 16.5. The van der Waals surface area contributed by atoms with Gasteiger partial charge in [-0.05, 0) is 55.3 Å². The largest absolute Gasteiger partial charge is 0.493 e. The summed E-state index contributed by atoms with van der Waals surface area (Å²) in [6.45, 7) is 4.40. The predicted molar refractivity (Wildman–Crippen MR) is 126 cm³/mol. The van der Waals surface area contributed by atoms with Crippen LogP contribution in [0.15, 0.2) is 48.5 Å². The summed E-state index contributed by atoms with van der Waals surface area (Å²) in [6.07, 6.45) is 1.27. The zero-order chi connectivity index (χ0) is 23.2. The van der Waals surface area contributed by atoms with Crippen LogP contribution in [-0.4, -0.2) is 37.6 Å². The van der Waals surface area contributed by atoms with Crippen LogP contribution in [0.3, 0.4) is 0 Å². The number of methoxy groups -OCH3 is 1. The van der Waals surface area contributed by atoms with Gasteiger partial charge in [0.15, 0.2) is 17.3 Å². The van der Waals surface area contributed by atoms with Gasteiger partial charge in [0, 0.05) is 23.1 Å². The van der Waals surface area contributed by atoms with Crippen molar-refractivity contribution in [3.05, 3.63) is 65.2 Å². The molecule has 2 heterocycles. The highest BCUT2D eigenvalue weighted by Crippen LogP contribution is 2.43. The number of hydrogen-bond donors (Lipinski definition) is 1. The normalized spacial score (nSPS) is 18.0. The summed E-state index contributed by atoms with van der Waals surface area (Å²) in [7, 11) is 1.56. The molecule has 6 nitrogen and oxygen atoms in total. The Morgan fingerprint density at radius 1 is 1.12 bits per heavy atom. The SMILES string of the molecule is COc1cc(C(=O)CNC(=O)C2CCOc3cc4ccccc4cc32)cc2c1OC(C)(C)C2. The molecule has 1 amide bonds. The second kappa shape index (κ2) is 8.10. The molecule has 2 aliphatic heterocycles. The van der Waals surface area contributed by atoms with Crippen LogP contribution in [0.5, 0.6) is 17.2 Å². The van der Waals surface area contributed by atoms with Gasteiger partial charge in [-0.25, -0.2) is 0 Å². The summed E-state index contributed by atoms with van der Waals surface area (Å²) in [6, 6.07) is 15.5. The Bertz CT molecular complexity index is 1260. The van der Waals surface area contributed by atoms with Gasteiger partial charge in [0.1, 0.15) is 11.4 Å². The molecule has 0 aliphatic carbocycles. The lowest BCUT2D eigenvalue weighted by molar-refractivity contribution is -0.123. The van der Waals surface area contributed by atoms with Crippen molar-refractivity contribution in [2.45, 2.75) is 38.2 Å². The van der Waals surface area contributed by atoms with Crippen LogP contribution in [0, 0.1) is 0 Å². The molecule has 0 saturated carbocycles. The molecule has 3 aromatic carbocycles. The number of ketones is 1. The van der Waals surface area contributed by atoms with Gasteiger partial charge in [0.2, 0.25) is 5.91 Å². The standard InChI is InChI=1S/C27H27NO5/c1-27(2)14-19-10-18(13-24(31-3)25(19)33-27)22(29)15-28-26(30)20-8-9-32-23-12-17-7-5-4-6-16(17)11-21(20)23/h4-7,10-13,20H,8-9,14-15H2,1-3H3,(H,28,30). The van der Waals surface area contributed by atoms with Crippen LogP contribution in [0.2, 0.25) is 0 Å². The third-order valence-electron chi connectivity index (χ3n) is 6.33. The molecule has 33 heavy (non-hydrogen) atoms. The zero-order valence-corrected chi connectivity index (χ0v) is 19.1. The molecule has 3 aromatic rings. The summed E-state index contributed by atoms with van der Waals surface area (Å²) in [5.41, 5.74) is 1.97. The Morgan fingerprint density at radius 3 is 2.64 bits per heavy atom. The Hall–Kier alpha value is -3.54. The Kier molecular flexibility index (Phi) is 5.23. The number of carbonyl (C=O) groups is 2. The van der Waals surface area contributed by atoms with Gasteiger partial charge < -0.3 is 19.5 Å². The average molecular weight is 446 g/mol. The highest BCUT2D eigenvalue weighted by molar-refractivity contribution is 6.01. The van der Waals surface area contributed by atoms with Crippen molar-refractivity contribution in [1.29, 1.82) is 0 Å². The number of fused-ring (bicyclic) bond motifs is 3. The van der Waals surface area contributed by atoms with Crippen molar-refractivity contribution in [1.82, 2.24) is 5.32 Å². The van der Waals surface area contributed by atoms with Gasteiger partial charge in [-0.15, -0.1) is 0 Å². The second-order valence-electron chi connectivity index (χ2n) is 9.27. The first kappa shape index (κ1) is 21.3. The van der Waals surface area contributed by atoms with E-state index in [1.165, 1.54) is 0 Å². The van der Waals surface area contributed by atoms with Crippen LogP contribution in [-0.2, 0) is 11.2 Å². The Morgan fingerprint density at radius 2 is 1.88 bits per heavy atom. The maximum Gasteiger partial charge on any atom is 0.228 e. The van der Waals surface area contributed by atoms with E-state index in [-0.39, 0.29) is 29.8 Å². The number of carbonyl (C=O) groups excluding carboxylic acids is 2. The van der Waals surface area contributed by atoms with Gasteiger partial charge in [-0.2, -0.15) is 0 Å². The molecule has 1 atom stereocenters. The lowest BCUT2D eigenvalue weighted by atomic mass is 9.90. The maximum atomic E-state index is 13.1. The van der Waals surface area contributed by atoms with Gasteiger partial charge in [0.25, 0.3) is 0 Å². The van der Waals surface area contributed by atoms with E-state index in [4.69, 9.17) is 14.2 Å². The molecular weight excluding hydrogens is 418 g/mol. The van der Waals surface area contributed by atoms with Gasteiger partial charge >= 0.3 is 0 Å². The maximum absolute atomic E-state index is 13.1. The molecule has 6 heteroatoms. The topological polar surface area (TPSA) is 73.9 Å². The van der Waals surface area contributed by atoms with Crippen molar-refractivity contribution >= 4 is 22.5 Å². The van der Waals surface area contributed by atoms with Crippen molar-refractivity contribution < 1.29 is 23.8 Å². The smallest absolute Gasteiger partial charge is 0.228 e. The lowest BCUT2D eigenvalue weighted by Gasteiger charge is -2.25. The molecule has 0 aromatic heterocycles. The minimum absolute atomic E-state index is 0.0781. The number of nitrogens with one attached hydrogen (secondary N) is 1. The van der Waals surface area contributed by atoms with E-state index < -0.39 is 0 Å². The quantitative estimate of drug-likeness (QED) is 0.589. The zero-order valence-electron chi connectivity index (χ0n) is 19.1. The Balaban J connectivity index is 1.33. The van der Waals surface area contributed by atoms with Crippen molar-refractivity contribution in [2.24, 2.45) is 0 Å². The van der Waals surface area contributed by atoms with E-state index in [1.807, 2.05) is 56.3 Å². The van der Waals surface area contributed by atoms with Crippen LogP contribution < -0.4 is 19.5 Å². The monoisotopic (exact) mass is 445 g/mol. The Labute approximate surface area is 192 Å². The van der Waals surface area contributed by atoms with Crippen molar-refractivity contribution in [2.75, 3.05) is 20.3 Å². The summed E-state index contributed by atoms with van der Waals surface area (Å²) in [5, 5.41) is 4.98. The average Bonchev–Trinajstić information content (AvgIpc) is 3.13. The second-order valence-corrected chi connectivity index (χ2v) is 9.27. The summed E-state index contributed by atoms with van der Waals surface area (Å²) >= 11 is 0. The molecule has 0 radical (unpaired) electrons. The van der Waals surface area contributed by atoms with Crippen LogP contribution in [0.25, 0.3) is 10.8 Å². The third kappa shape index (κ3) is 4.01. The summed E-state index contributed by atoms with van der Waals surface area (Å²) < 4.78 is 17.3. The first-order chi connectivity index (χ1) is 15.8. The fourth-order valence-corrected chi connectivity index (χ4v) is 4.73. The van der Waals surface area contributed by atoms with E-state index in [2.05, 4.69) is 5.32 Å². The lowest BCUT2D eigenvalue weighted by Crippen LogP contribution is -2.35. The predicted octanol–water partition coefficient (Wildman–Crippen LogP) is 4.43. The molecule has 0 saturated heterocycles. The fraction of sp³-hybridized carbons (Fsp3) is 0.333. The fourth-order valence-electron chi connectivity index (χ4n) is 4.73. The molecule has 0 spiro atoms. The van der Waals surface area contributed by atoms with E-state index >= 15 is 0 Å². The summed E-state index contributed by atoms with van der Waals surface area (Å²) in [4.78, 5) is 26.0. The van der Waals surface area contributed by atoms with E-state index in [9.17, 15) is 9.59 Å². The molecule has 5 rings (SSSR count). The molecule has 170 valence electrons. The van der Waals surface area contributed by atoms with Gasteiger partial charge in [0.05, 0.1) is 26.2 Å². The molecule has 1 N–H and O–H groups in total. The third-order valence-corrected chi connectivity index (χ3v) is 6.33. The van der Waals surface area contributed by atoms with Gasteiger partial charge in [-0.3, -0.25) is 9.59 Å². The van der Waals surface area contributed by atoms with E-state index in [1.54, 1.807) is 13.2 Å². The van der Waals surface area contributed by atoms with Crippen LogP contribution in [0.4, 0.5) is 0 Å². The van der Waals surface area contributed by atoms with E-state index in [0.29, 0.717) is 36.5 Å². The number of hydrogen-bond acceptors (Lipinski definition) is 5. The molecule has 1 unspecified atom stereocenters. The minimum Gasteiger partial charge on any atom is -0.493 e. The molecule has 0 fully saturated rings. The van der Waals surface area contributed by atoms with Crippen molar-refractivity contribution in [3.8, 4) is 17.2 Å². The summed E-state index contributed by atoms with van der Waals surface area (Å²) in [5.74, 6) is 1.28.